The van der Waals surface area contributed by atoms with Crippen molar-refractivity contribution in [2.45, 2.75) is 25.3 Å². The van der Waals surface area contributed by atoms with Crippen molar-refractivity contribution < 1.29 is 13.2 Å². The van der Waals surface area contributed by atoms with Gasteiger partial charge in [0.25, 0.3) is 5.56 Å². The minimum Gasteiger partial charge on any atom is -0.495 e. The van der Waals surface area contributed by atoms with E-state index in [0.717, 1.165) is 16.5 Å². The van der Waals surface area contributed by atoms with Gasteiger partial charge in [-0.05, 0) is 54.6 Å². The van der Waals surface area contributed by atoms with Crippen molar-refractivity contribution in [1.82, 2.24) is 9.71 Å². The molecular formula is C19H20N2O4S. The first-order chi connectivity index (χ1) is 12.3. The Balaban J connectivity index is 1.93. The fraction of sp³-hybridized carbons (Fsp3) is 0.211. The van der Waals surface area contributed by atoms with Crippen molar-refractivity contribution in [2.24, 2.45) is 0 Å². The molecule has 0 aliphatic rings. The number of para-hydroxylation sites is 1. The summed E-state index contributed by atoms with van der Waals surface area (Å²) in [6, 6.07) is 12.3. The van der Waals surface area contributed by atoms with E-state index in [4.69, 9.17) is 4.74 Å². The van der Waals surface area contributed by atoms with Gasteiger partial charge in [-0.3, -0.25) is 4.79 Å². The van der Waals surface area contributed by atoms with Crippen LogP contribution < -0.4 is 15.0 Å². The summed E-state index contributed by atoms with van der Waals surface area (Å²) < 4.78 is 33.1. The molecule has 136 valence electrons. The Bertz CT molecular complexity index is 1130. The number of nitrogens with one attached hydrogen (secondary N) is 2. The van der Waals surface area contributed by atoms with Gasteiger partial charge in [0, 0.05) is 17.6 Å². The Kier molecular flexibility index (Phi) is 4.84. The Morgan fingerprint density at radius 1 is 1.08 bits per heavy atom. The van der Waals surface area contributed by atoms with E-state index < -0.39 is 10.0 Å². The number of pyridine rings is 1. The van der Waals surface area contributed by atoms with Gasteiger partial charge in [0.2, 0.25) is 10.0 Å². The van der Waals surface area contributed by atoms with Crippen molar-refractivity contribution >= 4 is 20.9 Å². The molecule has 1 aromatic heterocycles. The maximum atomic E-state index is 12.7. The SMILES string of the molecule is COc1cc(C)c(C)cc1S(=O)(=O)NCc1cc2ccccc2[nH]c1=O. The zero-order valence-corrected chi connectivity index (χ0v) is 15.6. The summed E-state index contributed by atoms with van der Waals surface area (Å²) in [4.78, 5) is 15.0. The third kappa shape index (κ3) is 3.49. The molecule has 7 heteroatoms. The Hall–Kier alpha value is -2.64. The summed E-state index contributed by atoms with van der Waals surface area (Å²) in [6.07, 6.45) is 0. The largest absolute Gasteiger partial charge is 0.495 e. The predicted molar refractivity (Wildman–Crippen MR) is 101 cm³/mol. The molecule has 0 saturated heterocycles. The highest BCUT2D eigenvalue weighted by Gasteiger charge is 2.21. The van der Waals surface area contributed by atoms with Gasteiger partial charge in [-0.15, -0.1) is 0 Å². The van der Waals surface area contributed by atoms with E-state index in [-0.39, 0.29) is 22.7 Å². The van der Waals surface area contributed by atoms with Crippen molar-refractivity contribution in [2.75, 3.05) is 7.11 Å². The first kappa shape index (κ1) is 18.2. The fourth-order valence-electron chi connectivity index (χ4n) is 2.71. The molecule has 0 atom stereocenters. The highest BCUT2D eigenvalue weighted by Crippen LogP contribution is 2.27. The standard InChI is InChI=1S/C19H20N2O4S/c1-12-8-17(25-3)18(9-13(12)2)26(23,24)20-11-15-10-14-6-4-5-7-16(14)21-19(15)22/h4-10,20H,11H2,1-3H3,(H,21,22). The number of hydrogen-bond donors (Lipinski definition) is 2. The molecule has 0 saturated carbocycles. The lowest BCUT2D eigenvalue weighted by atomic mass is 10.1. The third-order valence-electron chi connectivity index (χ3n) is 4.35. The second-order valence-corrected chi connectivity index (χ2v) is 7.86. The number of aryl methyl sites for hydroxylation is 2. The number of aromatic amines is 1. The van der Waals surface area contributed by atoms with Gasteiger partial charge in [0.15, 0.2) is 0 Å². The molecule has 0 fully saturated rings. The maximum absolute atomic E-state index is 12.7. The number of ether oxygens (including phenoxy) is 1. The number of hydrogen-bond acceptors (Lipinski definition) is 4. The topological polar surface area (TPSA) is 88.3 Å². The normalized spacial score (nSPS) is 11.7. The van der Waals surface area contributed by atoms with Crippen LogP contribution in [0.15, 0.2) is 52.2 Å². The predicted octanol–water partition coefficient (Wildman–Crippen LogP) is 2.63. The Morgan fingerprint density at radius 3 is 2.50 bits per heavy atom. The second-order valence-electron chi connectivity index (χ2n) is 6.12. The van der Waals surface area contributed by atoms with E-state index in [1.54, 1.807) is 24.3 Å². The first-order valence-corrected chi connectivity index (χ1v) is 9.56. The van der Waals surface area contributed by atoms with Crippen LogP contribution in [0.1, 0.15) is 16.7 Å². The van der Waals surface area contributed by atoms with Crippen LogP contribution in [0.5, 0.6) is 5.75 Å². The summed E-state index contributed by atoms with van der Waals surface area (Å²) >= 11 is 0. The number of methoxy groups -OCH3 is 1. The highest BCUT2D eigenvalue weighted by molar-refractivity contribution is 7.89. The van der Waals surface area contributed by atoms with Crippen molar-refractivity contribution in [1.29, 1.82) is 0 Å². The molecule has 3 aromatic rings. The van der Waals surface area contributed by atoms with E-state index >= 15 is 0 Å². The second kappa shape index (κ2) is 6.93. The molecule has 2 N–H and O–H groups in total. The van der Waals surface area contributed by atoms with Gasteiger partial charge in [0.05, 0.1) is 7.11 Å². The summed E-state index contributed by atoms with van der Waals surface area (Å²) in [6.45, 7) is 3.61. The molecule has 1 heterocycles. The van der Waals surface area contributed by atoms with Crippen LogP contribution in [0.2, 0.25) is 0 Å². The molecule has 26 heavy (non-hydrogen) atoms. The molecule has 6 nitrogen and oxygen atoms in total. The molecule has 0 unspecified atom stereocenters. The van der Waals surface area contributed by atoms with Gasteiger partial charge in [-0.1, -0.05) is 18.2 Å². The zero-order chi connectivity index (χ0) is 18.9. The minimum atomic E-state index is -3.84. The third-order valence-corrected chi connectivity index (χ3v) is 5.77. The van der Waals surface area contributed by atoms with Crippen LogP contribution in [0.3, 0.4) is 0 Å². The molecule has 2 aromatic carbocycles. The first-order valence-electron chi connectivity index (χ1n) is 8.07. The smallest absolute Gasteiger partial charge is 0.252 e. The van der Waals surface area contributed by atoms with Crippen molar-refractivity contribution in [3.63, 3.8) is 0 Å². The number of benzene rings is 2. The van der Waals surface area contributed by atoms with Crippen LogP contribution in [0, 0.1) is 13.8 Å². The number of H-pyrrole nitrogens is 1. The van der Waals surface area contributed by atoms with Crippen LogP contribution >= 0.6 is 0 Å². The van der Waals surface area contributed by atoms with Crippen molar-refractivity contribution in [3.05, 3.63) is 69.5 Å². The lowest BCUT2D eigenvalue weighted by Gasteiger charge is -2.13. The molecule has 0 spiro atoms. The lowest BCUT2D eigenvalue weighted by molar-refractivity contribution is 0.401. The van der Waals surface area contributed by atoms with Crippen molar-refractivity contribution in [3.8, 4) is 5.75 Å². The number of sulfonamides is 1. The summed E-state index contributed by atoms with van der Waals surface area (Å²) in [7, 11) is -2.41. The average molecular weight is 372 g/mol. The summed E-state index contributed by atoms with van der Waals surface area (Å²) in [5.41, 5.74) is 2.51. The number of fused-ring (bicyclic) bond motifs is 1. The minimum absolute atomic E-state index is 0.0558. The average Bonchev–Trinajstić information content (AvgIpc) is 2.61. The molecule has 0 amide bonds. The maximum Gasteiger partial charge on any atom is 0.252 e. The van der Waals surface area contributed by atoms with Gasteiger partial charge >= 0.3 is 0 Å². The molecule has 0 bridgehead atoms. The van der Waals surface area contributed by atoms with E-state index in [2.05, 4.69) is 9.71 Å². The van der Waals surface area contributed by atoms with Gasteiger partial charge in [0.1, 0.15) is 10.6 Å². The molecule has 0 aliphatic carbocycles. The lowest BCUT2D eigenvalue weighted by Crippen LogP contribution is -2.27. The molecule has 0 radical (unpaired) electrons. The van der Waals surface area contributed by atoms with E-state index in [0.29, 0.717) is 11.1 Å². The van der Waals surface area contributed by atoms with E-state index in [1.165, 1.54) is 7.11 Å². The summed E-state index contributed by atoms with van der Waals surface area (Å²) in [5, 5.41) is 0.838. The van der Waals surface area contributed by atoms with Gasteiger partial charge < -0.3 is 9.72 Å². The molecule has 3 rings (SSSR count). The monoisotopic (exact) mass is 372 g/mol. The van der Waals surface area contributed by atoms with E-state index in [9.17, 15) is 13.2 Å². The fourth-order valence-corrected chi connectivity index (χ4v) is 3.95. The Labute approximate surface area is 151 Å². The zero-order valence-electron chi connectivity index (χ0n) is 14.8. The van der Waals surface area contributed by atoms with Crippen LogP contribution in [0.25, 0.3) is 10.9 Å². The quantitative estimate of drug-likeness (QED) is 0.721. The summed E-state index contributed by atoms with van der Waals surface area (Å²) in [5.74, 6) is 0.271. The van der Waals surface area contributed by atoms with Crippen LogP contribution in [0.4, 0.5) is 0 Å². The number of aromatic nitrogens is 1. The number of rotatable bonds is 5. The molecule has 0 aliphatic heterocycles. The van der Waals surface area contributed by atoms with Gasteiger partial charge in [-0.25, -0.2) is 13.1 Å². The van der Waals surface area contributed by atoms with Crippen LogP contribution in [-0.2, 0) is 16.6 Å². The highest BCUT2D eigenvalue weighted by atomic mass is 32.2. The Morgan fingerprint density at radius 2 is 1.77 bits per heavy atom. The molecular weight excluding hydrogens is 352 g/mol. The van der Waals surface area contributed by atoms with E-state index in [1.807, 2.05) is 32.0 Å². The van der Waals surface area contributed by atoms with Crippen LogP contribution in [-0.4, -0.2) is 20.5 Å². The van der Waals surface area contributed by atoms with Gasteiger partial charge in [-0.2, -0.15) is 0 Å².